The molecule has 2 heterocycles. The first kappa shape index (κ1) is 9.48. The van der Waals surface area contributed by atoms with Gasteiger partial charge in [0.2, 0.25) is 0 Å². The molecule has 1 aromatic rings. The van der Waals surface area contributed by atoms with Gasteiger partial charge in [-0.1, -0.05) is 11.8 Å². The first-order valence-corrected chi connectivity index (χ1v) is 6.63. The summed E-state index contributed by atoms with van der Waals surface area (Å²) in [5.41, 5.74) is 5.88. The third-order valence-electron chi connectivity index (χ3n) is 2.74. The lowest BCUT2D eigenvalue weighted by atomic mass is 10.3. The monoisotopic (exact) mass is 236 g/mol. The maximum absolute atomic E-state index is 4.47. The molecule has 0 spiro atoms. The summed E-state index contributed by atoms with van der Waals surface area (Å²) in [6, 6.07) is 0. The normalized spacial score (nSPS) is 18.6. The van der Waals surface area contributed by atoms with E-state index < -0.39 is 0 Å². The molecule has 1 aromatic heterocycles. The number of thioether (sulfide) groups is 1. The highest BCUT2D eigenvalue weighted by Gasteiger charge is 2.35. The van der Waals surface area contributed by atoms with Gasteiger partial charge in [0.25, 0.3) is 0 Å². The van der Waals surface area contributed by atoms with E-state index in [0.29, 0.717) is 0 Å². The highest BCUT2D eigenvalue weighted by atomic mass is 32.2. The Balaban J connectivity index is 2.09. The molecule has 2 nitrogen and oxygen atoms in total. The van der Waals surface area contributed by atoms with E-state index in [1.807, 2.05) is 17.3 Å². The van der Waals surface area contributed by atoms with Gasteiger partial charge in [-0.25, -0.2) is 4.98 Å². The Kier molecular flexibility index (Phi) is 1.97. The highest BCUT2D eigenvalue weighted by Crippen LogP contribution is 2.51. The molecule has 1 aliphatic carbocycles. The second-order valence-electron chi connectivity index (χ2n) is 4.04. The number of allylic oxidation sites excluding steroid dienone is 2. The van der Waals surface area contributed by atoms with Gasteiger partial charge in [-0.2, -0.15) is 0 Å². The summed E-state index contributed by atoms with van der Waals surface area (Å²) in [7, 11) is 2.14. The molecule has 0 saturated carbocycles. The molecule has 0 fully saturated rings. The number of fused-ring (bicyclic) bond motifs is 2. The van der Waals surface area contributed by atoms with Crippen LogP contribution < -0.4 is 0 Å². The van der Waals surface area contributed by atoms with Crippen molar-refractivity contribution in [1.82, 2.24) is 9.88 Å². The predicted molar refractivity (Wildman–Crippen MR) is 66.5 cm³/mol. The zero-order chi connectivity index (χ0) is 10.6. The first-order chi connectivity index (χ1) is 7.18. The Morgan fingerprint density at radius 2 is 2.27 bits per heavy atom. The molecule has 4 heteroatoms. The van der Waals surface area contributed by atoms with Crippen molar-refractivity contribution in [1.29, 1.82) is 0 Å². The fourth-order valence-electron chi connectivity index (χ4n) is 2.11. The van der Waals surface area contributed by atoms with Crippen LogP contribution in [-0.4, -0.2) is 16.9 Å². The van der Waals surface area contributed by atoms with Gasteiger partial charge in [-0.3, -0.25) is 0 Å². The Hall–Kier alpha value is -0.740. The van der Waals surface area contributed by atoms with Crippen LogP contribution in [0, 0.1) is 0 Å². The number of hydrogen-bond acceptors (Lipinski definition) is 4. The van der Waals surface area contributed by atoms with Crippen LogP contribution in [0.25, 0.3) is 5.70 Å². The summed E-state index contributed by atoms with van der Waals surface area (Å²) < 4.78 is 0. The lowest BCUT2D eigenvalue weighted by Gasteiger charge is -2.17. The van der Waals surface area contributed by atoms with E-state index in [9.17, 15) is 0 Å². The Morgan fingerprint density at radius 3 is 3.00 bits per heavy atom. The fourth-order valence-corrected chi connectivity index (χ4v) is 4.18. The van der Waals surface area contributed by atoms with Crippen LogP contribution in [-0.2, 0) is 6.42 Å². The maximum atomic E-state index is 4.47. The zero-order valence-corrected chi connectivity index (χ0v) is 10.6. The van der Waals surface area contributed by atoms with Gasteiger partial charge in [-0.05, 0) is 19.4 Å². The number of nitrogens with zero attached hydrogens (tertiary/aromatic N) is 2. The second-order valence-corrected chi connectivity index (χ2v) is 6.06. The third kappa shape index (κ3) is 1.21. The Morgan fingerprint density at radius 1 is 1.47 bits per heavy atom. The summed E-state index contributed by atoms with van der Waals surface area (Å²) >= 11 is 3.68. The van der Waals surface area contributed by atoms with Crippen molar-refractivity contribution < 1.29 is 0 Å². The number of thiazole rings is 1. The van der Waals surface area contributed by atoms with E-state index in [-0.39, 0.29) is 0 Å². The lowest BCUT2D eigenvalue weighted by Crippen LogP contribution is -2.11. The summed E-state index contributed by atoms with van der Waals surface area (Å²) in [4.78, 5) is 9.66. The van der Waals surface area contributed by atoms with Gasteiger partial charge < -0.3 is 4.90 Å². The molecular formula is C11H12N2S2. The van der Waals surface area contributed by atoms with Crippen LogP contribution in [0.5, 0.6) is 0 Å². The average molecular weight is 236 g/mol. The fraction of sp³-hybridized carbons (Fsp3) is 0.364. The van der Waals surface area contributed by atoms with Crippen molar-refractivity contribution in [3.05, 3.63) is 31.6 Å². The van der Waals surface area contributed by atoms with E-state index in [4.69, 9.17) is 0 Å². The van der Waals surface area contributed by atoms with Gasteiger partial charge >= 0.3 is 0 Å². The number of aromatic nitrogens is 1. The Labute approximate surface area is 97.7 Å². The topological polar surface area (TPSA) is 16.1 Å². The summed E-state index contributed by atoms with van der Waals surface area (Å²) in [5, 5.41) is 1.37. The third-order valence-corrected chi connectivity index (χ3v) is 5.03. The van der Waals surface area contributed by atoms with Gasteiger partial charge in [0, 0.05) is 23.3 Å². The van der Waals surface area contributed by atoms with Gasteiger partial charge in [0.1, 0.15) is 5.69 Å². The smallest absolute Gasteiger partial charge is 0.102 e. The standard InChI is InChI=1S/C11H12N2S2/c1-6(2)11-13(3)10-8(15-11)4-7-9(10)12-5-14-7/h5H,4H2,1-3H3. The largest absolute Gasteiger partial charge is 0.337 e. The van der Waals surface area contributed by atoms with Crippen LogP contribution in [0.1, 0.15) is 24.4 Å². The molecule has 0 atom stereocenters. The molecule has 15 heavy (non-hydrogen) atoms. The molecule has 0 unspecified atom stereocenters. The van der Waals surface area contributed by atoms with Crippen LogP contribution in [0.2, 0.25) is 0 Å². The number of rotatable bonds is 0. The second kappa shape index (κ2) is 3.12. The summed E-state index contributed by atoms with van der Waals surface area (Å²) in [6.45, 7) is 4.34. The quantitative estimate of drug-likeness (QED) is 0.687. The van der Waals surface area contributed by atoms with Crippen LogP contribution in [0.4, 0.5) is 0 Å². The van der Waals surface area contributed by atoms with Gasteiger partial charge in [-0.15, -0.1) is 11.3 Å². The molecular weight excluding hydrogens is 224 g/mol. The van der Waals surface area contributed by atoms with E-state index in [2.05, 4.69) is 30.8 Å². The molecule has 0 bridgehead atoms. The van der Waals surface area contributed by atoms with Crippen molar-refractivity contribution in [2.75, 3.05) is 7.05 Å². The first-order valence-electron chi connectivity index (χ1n) is 4.93. The highest BCUT2D eigenvalue weighted by molar-refractivity contribution is 8.07. The molecule has 78 valence electrons. The molecule has 1 aliphatic heterocycles. The molecule has 0 amide bonds. The summed E-state index contributed by atoms with van der Waals surface area (Å²) in [6.07, 6.45) is 1.08. The Bertz CT molecular complexity index is 492. The predicted octanol–water partition coefficient (Wildman–Crippen LogP) is 3.30. The zero-order valence-electron chi connectivity index (χ0n) is 9.00. The minimum Gasteiger partial charge on any atom is -0.337 e. The van der Waals surface area contributed by atoms with Crippen molar-refractivity contribution in [2.45, 2.75) is 20.3 Å². The SMILES string of the molecule is CC(C)=C1SC2=C(c3ncsc3C2)N1C. The number of hydrogen-bond donors (Lipinski definition) is 0. The molecule has 0 N–H and O–H groups in total. The van der Waals surface area contributed by atoms with Gasteiger partial charge in [0.05, 0.1) is 16.2 Å². The van der Waals surface area contributed by atoms with Crippen LogP contribution in [0.3, 0.4) is 0 Å². The van der Waals surface area contributed by atoms with E-state index in [0.717, 1.165) is 6.42 Å². The van der Waals surface area contributed by atoms with Gasteiger partial charge in [0.15, 0.2) is 0 Å². The molecule has 2 aliphatic rings. The van der Waals surface area contributed by atoms with Crippen molar-refractivity contribution in [2.24, 2.45) is 0 Å². The molecule has 0 aromatic carbocycles. The van der Waals surface area contributed by atoms with Crippen LogP contribution in [0.15, 0.2) is 21.0 Å². The average Bonchev–Trinajstić information content (AvgIpc) is 2.76. The van der Waals surface area contributed by atoms with E-state index >= 15 is 0 Å². The van der Waals surface area contributed by atoms with Crippen molar-refractivity contribution in [3.63, 3.8) is 0 Å². The van der Waals surface area contributed by atoms with Crippen molar-refractivity contribution in [3.8, 4) is 0 Å². The summed E-state index contributed by atoms with van der Waals surface area (Å²) in [5.74, 6) is 0. The maximum Gasteiger partial charge on any atom is 0.102 e. The molecule has 3 rings (SSSR count). The van der Waals surface area contributed by atoms with Crippen LogP contribution >= 0.6 is 23.1 Å². The minimum atomic E-state index is 1.08. The van der Waals surface area contributed by atoms with Crippen molar-refractivity contribution >= 4 is 28.8 Å². The van der Waals surface area contributed by atoms with E-state index in [1.54, 1.807) is 11.3 Å². The minimum absolute atomic E-state index is 1.08. The van der Waals surface area contributed by atoms with E-state index in [1.165, 1.54) is 31.8 Å². The molecule has 0 radical (unpaired) electrons. The lowest BCUT2D eigenvalue weighted by molar-refractivity contribution is 0.637. The molecule has 0 saturated heterocycles.